The van der Waals surface area contributed by atoms with Gasteiger partial charge in [0.2, 0.25) is 0 Å². The lowest BCUT2D eigenvalue weighted by molar-refractivity contribution is -0.137. The molecule has 0 aliphatic rings. The van der Waals surface area contributed by atoms with E-state index in [2.05, 4.69) is 5.10 Å². The lowest BCUT2D eigenvalue weighted by atomic mass is 10.2. The Bertz CT molecular complexity index is 694. The monoisotopic (exact) mass is 412 g/mol. The van der Waals surface area contributed by atoms with E-state index in [0.717, 1.165) is 4.68 Å². The summed E-state index contributed by atoms with van der Waals surface area (Å²) >= 11 is 24.2. The molecular formula is C11H4Cl4F4N2S. The minimum absolute atomic E-state index is 0.0751. The molecule has 1 aromatic heterocycles. The van der Waals surface area contributed by atoms with Crippen molar-refractivity contribution in [2.24, 2.45) is 0 Å². The Balaban J connectivity index is 2.62. The molecule has 22 heavy (non-hydrogen) atoms. The molecule has 0 saturated carbocycles. The van der Waals surface area contributed by atoms with Crippen molar-refractivity contribution in [2.75, 3.05) is 6.01 Å². The molecular weight excluding hydrogens is 410 g/mol. The van der Waals surface area contributed by atoms with Gasteiger partial charge in [-0.15, -0.1) is 0 Å². The number of rotatable bonds is 3. The Morgan fingerprint density at radius 2 is 1.64 bits per heavy atom. The third-order valence-corrected chi connectivity index (χ3v) is 4.70. The molecule has 2 nitrogen and oxygen atoms in total. The maximum atomic E-state index is 12.7. The van der Waals surface area contributed by atoms with Crippen LogP contribution in [-0.2, 0) is 6.18 Å². The van der Waals surface area contributed by atoms with Crippen LogP contribution in [0, 0.1) is 0 Å². The minimum atomic E-state index is -4.60. The second-order valence-electron chi connectivity index (χ2n) is 3.86. The van der Waals surface area contributed by atoms with Crippen LogP contribution in [-0.4, -0.2) is 15.8 Å². The molecule has 11 heteroatoms. The van der Waals surface area contributed by atoms with Gasteiger partial charge in [-0.1, -0.05) is 58.2 Å². The first kappa shape index (κ1) is 18.0. The average Bonchev–Trinajstić information content (AvgIpc) is 2.65. The molecule has 0 fully saturated rings. The molecule has 2 aromatic rings. The Morgan fingerprint density at radius 3 is 2.09 bits per heavy atom. The number of benzene rings is 1. The van der Waals surface area contributed by atoms with Crippen molar-refractivity contribution in [3.8, 4) is 5.69 Å². The maximum absolute atomic E-state index is 12.7. The second kappa shape index (κ2) is 6.65. The summed E-state index contributed by atoms with van der Waals surface area (Å²) < 4.78 is 51.5. The topological polar surface area (TPSA) is 17.8 Å². The zero-order valence-corrected chi connectivity index (χ0v) is 14.0. The molecule has 2 rings (SSSR count). The van der Waals surface area contributed by atoms with Gasteiger partial charge in [0.05, 0.1) is 20.5 Å². The van der Waals surface area contributed by atoms with Gasteiger partial charge in [-0.25, -0.2) is 9.07 Å². The van der Waals surface area contributed by atoms with E-state index < -0.39 is 17.7 Å². The Morgan fingerprint density at radius 1 is 1.09 bits per heavy atom. The van der Waals surface area contributed by atoms with Crippen LogP contribution in [0.25, 0.3) is 5.69 Å². The molecule has 0 radical (unpaired) electrons. The highest BCUT2D eigenvalue weighted by Gasteiger charge is 2.32. The SMILES string of the molecule is FCSc1c(Cl)nn(-c2c(Cl)cc(C(F)(F)F)cc2Cl)c1Cl. The number of aromatic nitrogens is 2. The van der Waals surface area contributed by atoms with E-state index >= 15 is 0 Å². The summed E-state index contributed by atoms with van der Waals surface area (Å²) in [6.07, 6.45) is -4.60. The van der Waals surface area contributed by atoms with Gasteiger partial charge in [0.1, 0.15) is 16.8 Å². The van der Waals surface area contributed by atoms with Crippen molar-refractivity contribution in [2.45, 2.75) is 11.1 Å². The average molecular weight is 414 g/mol. The van der Waals surface area contributed by atoms with E-state index in [1.807, 2.05) is 0 Å². The van der Waals surface area contributed by atoms with E-state index in [0.29, 0.717) is 23.9 Å². The van der Waals surface area contributed by atoms with E-state index in [1.165, 1.54) is 0 Å². The summed E-state index contributed by atoms with van der Waals surface area (Å²) in [4.78, 5) is 0.137. The molecule has 0 spiro atoms. The standard InChI is InChI=1S/C11H4Cl4F4N2S/c12-5-1-4(11(17,18)19)2-6(13)7(5)21-10(15)8(22-3-16)9(14)20-21/h1-2H,3H2. The molecule has 0 unspecified atom stereocenters. The van der Waals surface area contributed by atoms with E-state index in [9.17, 15) is 17.6 Å². The van der Waals surface area contributed by atoms with Crippen molar-refractivity contribution in [1.82, 2.24) is 9.78 Å². The summed E-state index contributed by atoms with van der Waals surface area (Å²) in [5.41, 5.74) is -1.09. The zero-order valence-electron chi connectivity index (χ0n) is 10.2. The zero-order chi connectivity index (χ0) is 16.7. The van der Waals surface area contributed by atoms with Gasteiger partial charge in [-0.2, -0.15) is 18.3 Å². The van der Waals surface area contributed by atoms with Crippen molar-refractivity contribution >= 4 is 58.2 Å². The van der Waals surface area contributed by atoms with Crippen LogP contribution < -0.4 is 0 Å². The number of halogens is 8. The molecule has 0 saturated heterocycles. The van der Waals surface area contributed by atoms with Crippen LogP contribution >= 0.6 is 58.2 Å². The number of hydrogen-bond acceptors (Lipinski definition) is 2. The molecule has 0 N–H and O–H groups in total. The smallest absolute Gasteiger partial charge is 0.239 e. The Labute approximate surface area is 146 Å². The van der Waals surface area contributed by atoms with Crippen molar-refractivity contribution in [1.29, 1.82) is 0 Å². The van der Waals surface area contributed by atoms with E-state index in [4.69, 9.17) is 46.4 Å². The predicted octanol–water partition coefficient (Wildman–Crippen LogP) is 6.52. The van der Waals surface area contributed by atoms with Crippen molar-refractivity contribution < 1.29 is 17.6 Å². The van der Waals surface area contributed by atoms with Crippen molar-refractivity contribution in [3.63, 3.8) is 0 Å². The predicted molar refractivity (Wildman–Crippen MR) is 80.4 cm³/mol. The number of thioether (sulfide) groups is 1. The quantitative estimate of drug-likeness (QED) is 0.420. The fourth-order valence-corrected chi connectivity index (χ4v) is 3.49. The Hall–Kier alpha value is -0.340. The fraction of sp³-hybridized carbons (Fsp3) is 0.182. The van der Waals surface area contributed by atoms with Crippen LogP contribution in [0.3, 0.4) is 0 Å². The van der Waals surface area contributed by atoms with E-state index in [1.54, 1.807) is 0 Å². The summed E-state index contributed by atoms with van der Waals surface area (Å²) in [7, 11) is 0. The lowest BCUT2D eigenvalue weighted by Crippen LogP contribution is -2.07. The van der Waals surface area contributed by atoms with Gasteiger partial charge in [0.25, 0.3) is 0 Å². The van der Waals surface area contributed by atoms with E-state index in [-0.39, 0.29) is 30.9 Å². The normalized spacial score (nSPS) is 12.0. The van der Waals surface area contributed by atoms with Crippen LogP contribution in [0.4, 0.5) is 17.6 Å². The van der Waals surface area contributed by atoms with Gasteiger partial charge in [0, 0.05) is 0 Å². The van der Waals surface area contributed by atoms with Crippen LogP contribution in [0.5, 0.6) is 0 Å². The maximum Gasteiger partial charge on any atom is 0.416 e. The summed E-state index contributed by atoms with van der Waals surface area (Å²) in [5, 5.41) is 2.97. The van der Waals surface area contributed by atoms with Crippen LogP contribution in [0.1, 0.15) is 5.56 Å². The third kappa shape index (κ3) is 3.43. The lowest BCUT2D eigenvalue weighted by Gasteiger charge is -2.12. The summed E-state index contributed by atoms with van der Waals surface area (Å²) in [5.74, 6) is 0. The summed E-state index contributed by atoms with van der Waals surface area (Å²) in [6, 6.07) is 0.576. The van der Waals surface area contributed by atoms with Crippen LogP contribution in [0.2, 0.25) is 20.4 Å². The highest BCUT2D eigenvalue weighted by molar-refractivity contribution is 7.99. The highest BCUT2D eigenvalue weighted by Crippen LogP contribution is 2.41. The number of hydrogen-bond donors (Lipinski definition) is 0. The first-order valence-corrected chi connectivity index (χ1v) is 7.86. The van der Waals surface area contributed by atoms with Gasteiger partial charge < -0.3 is 0 Å². The van der Waals surface area contributed by atoms with Gasteiger partial charge in [-0.05, 0) is 12.1 Å². The molecule has 0 aliphatic carbocycles. The molecule has 0 bridgehead atoms. The van der Waals surface area contributed by atoms with Gasteiger partial charge >= 0.3 is 6.18 Å². The first-order valence-electron chi connectivity index (χ1n) is 5.36. The van der Waals surface area contributed by atoms with Crippen LogP contribution in [0.15, 0.2) is 17.0 Å². The molecule has 1 aromatic carbocycles. The first-order chi connectivity index (χ1) is 10.2. The molecule has 1 heterocycles. The fourth-order valence-electron chi connectivity index (χ4n) is 1.61. The molecule has 120 valence electrons. The highest BCUT2D eigenvalue weighted by atomic mass is 35.5. The van der Waals surface area contributed by atoms with Crippen molar-refractivity contribution in [3.05, 3.63) is 38.0 Å². The number of nitrogens with zero attached hydrogens (tertiary/aromatic N) is 2. The van der Waals surface area contributed by atoms with Gasteiger partial charge in [-0.3, -0.25) is 0 Å². The minimum Gasteiger partial charge on any atom is -0.239 e. The number of alkyl halides is 4. The molecule has 0 atom stereocenters. The second-order valence-corrected chi connectivity index (χ2v) is 6.31. The largest absolute Gasteiger partial charge is 0.416 e. The van der Waals surface area contributed by atoms with Gasteiger partial charge in [0.15, 0.2) is 5.15 Å². The third-order valence-electron chi connectivity index (χ3n) is 2.50. The summed E-state index contributed by atoms with van der Waals surface area (Å²) in [6.45, 7) is 0. The Kier molecular flexibility index (Phi) is 5.44. The molecule has 0 amide bonds. The molecule has 0 aliphatic heterocycles.